The highest BCUT2D eigenvalue weighted by Gasteiger charge is 2.54. The van der Waals surface area contributed by atoms with Crippen LogP contribution >= 0.6 is 0 Å². The molecule has 7 nitrogen and oxygen atoms in total. The molecule has 3 aliphatic rings. The first-order valence-electron chi connectivity index (χ1n) is 11.0. The maximum atomic E-state index is 9.69. The maximum absolute atomic E-state index is 9.69. The van der Waals surface area contributed by atoms with E-state index in [1.807, 2.05) is 13.0 Å². The van der Waals surface area contributed by atoms with Gasteiger partial charge in [0.25, 0.3) is 0 Å². The van der Waals surface area contributed by atoms with Gasteiger partial charge >= 0.3 is 0 Å². The van der Waals surface area contributed by atoms with Gasteiger partial charge in [-0.3, -0.25) is 4.98 Å². The molecular weight excluding hydrogens is 408 g/mol. The minimum Gasteiger partial charge on any atom is -0.493 e. The average Bonchev–Trinajstić information content (AvgIpc) is 3.16. The molecule has 2 aromatic rings. The smallest absolute Gasteiger partial charge is 0.232 e. The van der Waals surface area contributed by atoms with E-state index in [0.717, 1.165) is 47.0 Å². The Balaban J connectivity index is 1.55. The van der Waals surface area contributed by atoms with Crippen molar-refractivity contribution in [3.63, 3.8) is 0 Å². The van der Waals surface area contributed by atoms with Crippen LogP contribution in [0.25, 0.3) is 0 Å². The Kier molecular flexibility index (Phi) is 5.15. The van der Waals surface area contributed by atoms with Crippen LogP contribution < -0.4 is 14.2 Å². The molecule has 0 bridgehead atoms. The van der Waals surface area contributed by atoms with Gasteiger partial charge in [0, 0.05) is 35.2 Å². The van der Waals surface area contributed by atoms with Gasteiger partial charge < -0.3 is 29.0 Å². The summed E-state index contributed by atoms with van der Waals surface area (Å²) in [5.74, 6) is 1.34. The molecule has 1 saturated heterocycles. The summed E-state index contributed by atoms with van der Waals surface area (Å²) >= 11 is 0. The molecule has 7 heteroatoms. The fraction of sp³-hybridized carbons (Fsp3) is 0.480. The van der Waals surface area contributed by atoms with Gasteiger partial charge in [-0.25, -0.2) is 0 Å². The van der Waals surface area contributed by atoms with Crippen molar-refractivity contribution in [2.24, 2.45) is 0 Å². The number of rotatable bonds is 4. The highest BCUT2D eigenvalue weighted by Crippen LogP contribution is 2.51. The summed E-state index contributed by atoms with van der Waals surface area (Å²) < 4.78 is 23.9. The number of likely N-dealkylation sites (tertiary alicyclic amines) is 1. The van der Waals surface area contributed by atoms with E-state index in [4.69, 9.17) is 18.9 Å². The Labute approximate surface area is 188 Å². The fourth-order valence-corrected chi connectivity index (χ4v) is 5.47. The van der Waals surface area contributed by atoms with Gasteiger partial charge in [0.15, 0.2) is 17.2 Å². The number of methoxy groups -OCH3 is 2. The molecule has 1 aliphatic carbocycles. The molecule has 170 valence electrons. The molecule has 1 aromatic carbocycles. The lowest BCUT2D eigenvalue weighted by molar-refractivity contribution is -0.188. The summed E-state index contributed by atoms with van der Waals surface area (Å²) in [6, 6.07) is 6.40. The molecular formula is C25H30N2O5. The third-order valence-electron chi connectivity index (χ3n) is 7.35. The fourth-order valence-electron chi connectivity index (χ4n) is 5.47. The zero-order valence-corrected chi connectivity index (χ0v) is 19.1. The Hall–Kier alpha value is -2.61. The normalized spacial score (nSPS) is 28.8. The average molecular weight is 439 g/mol. The van der Waals surface area contributed by atoms with Crippen LogP contribution in [0.5, 0.6) is 17.2 Å². The molecule has 3 unspecified atom stereocenters. The molecule has 2 aliphatic heterocycles. The summed E-state index contributed by atoms with van der Waals surface area (Å²) in [6.07, 6.45) is 7.73. The Bertz CT molecular complexity index is 1070. The van der Waals surface area contributed by atoms with Crippen molar-refractivity contribution in [2.75, 3.05) is 27.8 Å². The predicted molar refractivity (Wildman–Crippen MR) is 119 cm³/mol. The first kappa shape index (κ1) is 21.2. The second-order valence-electron chi connectivity index (χ2n) is 8.93. The van der Waals surface area contributed by atoms with Crippen molar-refractivity contribution in [3.8, 4) is 17.2 Å². The molecule has 1 N–H and O–H groups in total. The minimum atomic E-state index is -0.850. The highest BCUT2D eigenvalue weighted by molar-refractivity contribution is 5.50. The van der Waals surface area contributed by atoms with E-state index in [9.17, 15) is 5.11 Å². The van der Waals surface area contributed by atoms with Crippen LogP contribution in [0.3, 0.4) is 0 Å². The monoisotopic (exact) mass is 438 g/mol. The molecule has 1 aromatic heterocycles. The number of benzene rings is 1. The molecule has 3 heterocycles. The van der Waals surface area contributed by atoms with Crippen LogP contribution in [0.4, 0.5) is 0 Å². The number of aromatic nitrogens is 1. The number of hydrogen-bond acceptors (Lipinski definition) is 7. The molecule has 32 heavy (non-hydrogen) atoms. The lowest BCUT2D eigenvalue weighted by Crippen LogP contribution is -2.53. The minimum absolute atomic E-state index is 0.0844. The number of likely N-dealkylation sites (N-methyl/N-ethyl adjacent to an activating group) is 1. The zero-order valence-electron chi connectivity index (χ0n) is 19.1. The number of aliphatic hydroxyl groups is 1. The Morgan fingerprint density at radius 3 is 2.78 bits per heavy atom. The van der Waals surface area contributed by atoms with Gasteiger partial charge in [0.2, 0.25) is 5.79 Å². The number of ether oxygens (including phenoxy) is 4. The maximum Gasteiger partial charge on any atom is 0.232 e. The van der Waals surface area contributed by atoms with Gasteiger partial charge in [-0.15, -0.1) is 0 Å². The standard InChI is InChI=1S/C25H30N2O5/c1-16-23-19(17(14-28)13-26-16)15-31-25(32-23)8-7-24(9-10-27(2)22(24)12-25)18-5-6-20(29-3)21(11-18)30-4/h5-8,11,13,22,28H,9-10,12,14-15H2,1-4H3. The van der Waals surface area contributed by atoms with Crippen molar-refractivity contribution in [1.29, 1.82) is 0 Å². The molecule has 0 radical (unpaired) electrons. The van der Waals surface area contributed by atoms with E-state index in [1.165, 1.54) is 5.56 Å². The molecule has 0 saturated carbocycles. The van der Waals surface area contributed by atoms with Crippen molar-refractivity contribution in [3.05, 3.63) is 58.9 Å². The number of aliphatic hydroxyl groups excluding tert-OH is 1. The van der Waals surface area contributed by atoms with Crippen LogP contribution in [-0.2, 0) is 23.4 Å². The molecule has 5 rings (SSSR count). The number of nitrogens with zero attached hydrogens (tertiary/aromatic N) is 2. The van der Waals surface area contributed by atoms with E-state index in [2.05, 4.69) is 41.2 Å². The SMILES string of the molecule is COc1ccc(C23C=CC4(CC2N(C)CC3)OCc2c(CO)cnc(C)c2O4)cc1OC. The third kappa shape index (κ3) is 3.10. The van der Waals surface area contributed by atoms with Crippen molar-refractivity contribution >= 4 is 0 Å². The number of hydrogen-bond donors (Lipinski definition) is 1. The summed E-state index contributed by atoms with van der Waals surface area (Å²) in [5.41, 5.74) is 3.48. The van der Waals surface area contributed by atoms with Crippen molar-refractivity contribution < 1.29 is 24.1 Å². The first-order valence-corrected chi connectivity index (χ1v) is 11.0. The van der Waals surface area contributed by atoms with Gasteiger partial charge in [-0.05, 0) is 50.7 Å². The topological polar surface area (TPSA) is 73.3 Å². The zero-order chi connectivity index (χ0) is 22.5. The Morgan fingerprint density at radius 2 is 2.03 bits per heavy atom. The quantitative estimate of drug-likeness (QED) is 0.736. The first-order chi connectivity index (χ1) is 15.4. The summed E-state index contributed by atoms with van der Waals surface area (Å²) in [4.78, 5) is 6.81. The Morgan fingerprint density at radius 1 is 1.22 bits per heavy atom. The predicted octanol–water partition coefficient (Wildman–Crippen LogP) is 3.11. The van der Waals surface area contributed by atoms with Crippen LogP contribution in [0.15, 0.2) is 36.5 Å². The van der Waals surface area contributed by atoms with E-state index in [0.29, 0.717) is 13.0 Å². The van der Waals surface area contributed by atoms with E-state index in [1.54, 1.807) is 20.4 Å². The van der Waals surface area contributed by atoms with Gasteiger partial charge in [0.05, 0.1) is 33.1 Å². The van der Waals surface area contributed by atoms with Crippen molar-refractivity contribution in [1.82, 2.24) is 9.88 Å². The number of aryl methyl sites for hydroxylation is 1. The lowest BCUT2D eigenvalue weighted by atomic mass is 9.68. The van der Waals surface area contributed by atoms with Gasteiger partial charge in [-0.1, -0.05) is 12.1 Å². The van der Waals surface area contributed by atoms with Crippen molar-refractivity contribution in [2.45, 2.75) is 50.2 Å². The summed E-state index contributed by atoms with van der Waals surface area (Å²) in [7, 11) is 5.48. The number of fused-ring (bicyclic) bond motifs is 2. The van der Waals surface area contributed by atoms with E-state index >= 15 is 0 Å². The van der Waals surface area contributed by atoms with Crippen LogP contribution in [-0.4, -0.2) is 54.6 Å². The molecule has 3 atom stereocenters. The van der Waals surface area contributed by atoms with Crippen LogP contribution in [0.1, 0.15) is 35.2 Å². The van der Waals surface area contributed by atoms with E-state index < -0.39 is 5.79 Å². The molecule has 0 amide bonds. The summed E-state index contributed by atoms with van der Waals surface area (Å²) in [6.45, 7) is 3.21. The molecule has 1 fully saturated rings. The summed E-state index contributed by atoms with van der Waals surface area (Å²) in [5, 5.41) is 9.69. The molecule has 1 spiro atoms. The lowest BCUT2D eigenvalue weighted by Gasteiger charge is -2.47. The van der Waals surface area contributed by atoms with Gasteiger partial charge in [-0.2, -0.15) is 0 Å². The number of pyridine rings is 1. The van der Waals surface area contributed by atoms with E-state index in [-0.39, 0.29) is 18.1 Å². The van der Waals surface area contributed by atoms with Crippen LogP contribution in [0.2, 0.25) is 0 Å². The van der Waals surface area contributed by atoms with Gasteiger partial charge in [0.1, 0.15) is 0 Å². The third-order valence-corrected chi connectivity index (χ3v) is 7.35. The highest BCUT2D eigenvalue weighted by atomic mass is 16.7. The van der Waals surface area contributed by atoms with Crippen LogP contribution in [0, 0.1) is 6.92 Å². The second-order valence-corrected chi connectivity index (χ2v) is 8.93. The largest absolute Gasteiger partial charge is 0.493 e. The second kappa shape index (κ2) is 7.76.